The third-order valence-corrected chi connectivity index (χ3v) is 3.43. The van der Waals surface area contributed by atoms with Crippen molar-refractivity contribution in [3.8, 4) is 0 Å². The van der Waals surface area contributed by atoms with E-state index in [0.717, 1.165) is 25.1 Å². The highest BCUT2D eigenvalue weighted by Crippen LogP contribution is 2.21. The zero-order valence-electron chi connectivity index (χ0n) is 10.8. The largest absolute Gasteiger partial charge is 0.379 e. The molecule has 0 aromatic heterocycles. The molecule has 0 aliphatic carbocycles. The van der Waals surface area contributed by atoms with Crippen molar-refractivity contribution >= 4 is 5.69 Å². The Hall–Kier alpha value is -1.09. The van der Waals surface area contributed by atoms with Crippen LogP contribution in [0.25, 0.3) is 0 Å². The molecule has 3 heteroatoms. The molecule has 1 unspecified atom stereocenters. The van der Waals surface area contributed by atoms with Crippen molar-refractivity contribution in [2.24, 2.45) is 0 Å². The van der Waals surface area contributed by atoms with Crippen LogP contribution in [0.2, 0.25) is 0 Å². The van der Waals surface area contributed by atoms with E-state index in [9.17, 15) is 4.39 Å². The van der Waals surface area contributed by atoms with Gasteiger partial charge in [-0.05, 0) is 44.9 Å². The molecule has 1 aromatic rings. The second kappa shape index (κ2) is 5.05. The Morgan fingerprint density at radius 3 is 2.82 bits per heavy atom. The third-order valence-electron chi connectivity index (χ3n) is 3.43. The van der Waals surface area contributed by atoms with E-state index in [-0.39, 0.29) is 5.82 Å². The molecule has 1 aromatic carbocycles. The molecule has 1 N–H and O–H groups in total. The fourth-order valence-electron chi connectivity index (χ4n) is 2.34. The first-order valence-corrected chi connectivity index (χ1v) is 6.33. The smallest absolute Gasteiger partial charge is 0.146 e. The summed E-state index contributed by atoms with van der Waals surface area (Å²) in [5.41, 5.74) is 1.73. The molecule has 2 nitrogen and oxygen atoms in total. The van der Waals surface area contributed by atoms with E-state index >= 15 is 0 Å². The predicted octanol–water partition coefficient (Wildman–Crippen LogP) is 3.03. The number of halogens is 1. The van der Waals surface area contributed by atoms with Crippen molar-refractivity contribution in [1.29, 1.82) is 0 Å². The van der Waals surface area contributed by atoms with E-state index in [1.807, 2.05) is 13.0 Å². The number of likely N-dealkylation sites (tertiary alicyclic amines) is 1. The van der Waals surface area contributed by atoms with E-state index in [2.05, 4.69) is 24.1 Å². The summed E-state index contributed by atoms with van der Waals surface area (Å²) in [6.07, 6.45) is 1.09. The maximum atomic E-state index is 13.6. The van der Waals surface area contributed by atoms with Gasteiger partial charge in [0.05, 0.1) is 5.69 Å². The van der Waals surface area contributed by atoms with Crippen molar-refractivity contribution in [1.82, 2.24) is 4.90 Å². The Bertz CT molecular complexity index is 390. The first kappa shape index (κ1) is 12.4. The fourth-order valence-corrected chi connectivity index (χ4v) is 2.34. The predicted molar refractivity (Wildman–Crippen MR) is 69.9 cm³/mol. The van der Waals surface area contributed by atoms with Crippen LogP contribution in [0.15, 0.2) is 18.2 Å². The van der Waals surface area contributed by atoms with Gasteiger partial charge in [0.1, 0.15) is 5.82 Å². The van der Waals surface area contributed by atoms with Crippen LogP contribution in [0, 0.1) is 12.7 Å². The summed E-state index contributed by atoms with van der Waals surface area (Å²) in [6.45, 7) is 8.50. The summed E-state index contributed by atoms with van der Waals surface area (Å²) in [5.74, 6) is -0.154. The first-order valence-electron chi connectivity index (χ1n) is 6.33. The Morgan fingerprint density at radius 2 is 2.18 bits per heavy atom. The standard InChI is InChI=1S/C14H21FN2/c1-10(2)17-7-6-12(9-17)16-14-8-11(3)4-5-13(14)15/h4-5,8,10,12,16H,6-7,9H2,1-3H3. The second-order valence-corrected chi connectivity index (χ2v) is 5.20. The van der Waals surface area contributed by atoms with Gasteiger partial charge in [0.15, 0.2) is 0 Å². The maximum Gasteiger partial charge on any atom is 0.146 e. The topological polar surface area (TPSA) is 15.3 Å². The summed E-state index contributed by atoms with van der Waals surface area (Å²) >= 11 is 0. The molecule has 0 bridgehead atoms. The molecule has 94 valence electrons. The molecule has 0 spiro atoms. The Kier molecular flexibility index (Phi) is 3.67. The van der Waals surface area contributed by atoms with Crippen LogP contribution >= 0.6 is 0 Å². The van der Waals surface area contributed by atoms with E-state index in [1.54, 1.807) is 6.07 Å². The maximum absolute atomic E-state index is 13.6. The monoisotopic (exact) mass is 236 g/mol. The molecular formula is C14H21FN2. The average molecular weight is 236 g/mol. The molecule has 2 rings (SSSR count). The number of hydrogen-bond donors (Lipinski definition) is 1. The molecule has 1 fully saturated rings. The number of rotatable bonds is 3. The summed E-state index contributed by atoms with van der Waals surface area (Å²) in [6, 6.07) is 6.16. The minimum Gasteiger partial charge on any atom is -0.379 e. The fraction of sp³-hybridized carbons (Fsp3) is 0.571. The van der Waals surface area contributed by atoms with Crippen LogP contribution in [0.1, 0.15) is 25.8 Å². The van der Waals surface area contributed by atoms with Crippen molar-refractivity contribution < 1.29 is 4.39 Å². The van der Waals surface area contributed by atoms with Crippen LogP contribution in [-0.4, -0.2) is 30.1 Å². The summed E-state index contributed by atoms with van der Waals surface area (Å²) < 4.78 is 13.6. The van der Waals surface area contributed by atoms with Crippen molar-refractivity contribution in [3.05, 3.63) is 29.6 Å². The summed E-state index contributed by atoms with van der Waals surface area (Å²) in [4.78, 5) is 2.42. The van der Waals surface area contributed by atoms with Gasteiger partial charge in [-0.25, -0.2) is 4.39 Å². The van der Waals surface area contributed by atoms with E-state index in [1.165, 1.54) is 6.07 Å². The van der Waals surface area contributed by atoms with Crippen molar-refractivity contribution in [2.75, 3.05) is 18.4 Å². The van der Waals surface area contributed by atoms with Crippen LogP contribution in [-0.2, 0) is 0 Å². The third kappa shape index (κ3) is 2.97. The highest BCUT2D eigenvalue weighted by atomic mass is 19.1. The van der Waals surface area contributed by atoms with E-state index in [4.69, 9.17) is 0 Å². The SMILES string of the molecule is Cc1ccc(F)c(NC2CCN(C(C)C)C2)c1. The first-order chi connectivity index (χ1) is 8.06. The molecular weight excluding hydrogens is 215 g/mol. The molecule has 1 aliphatic heterocycles. The van der Waals surface area contributed by atoms with Gasteiger partial charge in [-0.3, -0.25) is 4.90 Å². The van der Waals surface area contributed by atoms with Crippen LogP contribution in [0.3, 0.4) is 0 Å². The zero-order chi connectivity index (χ0) is 12.4. The molecule has 1 atom stereocenters. The molecule has 0 saturated carbocycles. The molecule has 1 heterocycles. The van der Waals surface area contributed by atoms with Gasteiger partial charge in [0.2, 0.25) is 0 Å². The van der Waals surface area contributed by atoms with Gasteiger partial charge >= 0.3 is 0 Å². The molecule has 1 aliphatic rings. The quantitative estimate of drug-likeness (QED) is 0.867. The average Bonchev–Trinajstić information content (AvgIpc) is 2.72. The van der Waals surface area contributed by atoms with Gasteiger partial charge in [-0.1, -0.05) is 6.07 Å². The highest BCUT2D eigenvalue weighted by Gasteiger charge is 2.24. The van der Waals surface area contributed by atoms with E-state index < -0.39 is 0 Å². The summed E-state index contributed by atoms with van der Waals surface area (Å²) in [5, 5.41) is 3.32. The second-order valence-electron chi connectivity index (χ2n) is 5.20. The number of nitrogens with zero attached hydrogens (tertiary/aromatic N) is 1. The Morgan fingerprint density at radius 1 is 1.41 bits per heavy atom. The molecule has 0 amide bonds. The number of benzene rings is 1. The van der Waals surface area contributed by atoms with Gasteiger partial charge in [0.25, 0.3) is 0 Å². The minimum absolute atomic E-state index is 0.154. The Balaban J connectivity index is 2.00. The molecule has 0 radical (unpaired) electrons. The van der Waals surface area contributed by atoms with Crippen molar-refractivity contribution in [3.63, 3.8) is 0 Å². The number of aryl methyl sites for hydroxylation is 1. The van der Waals surface area contributed by atoms with Gasteiger partial charge in [0, 0.05) is 25.2 Å². The van der Waals surface area contributed by atoms with Gasteiger partial charge in [-0.2, -0.15) is 0 Å². The lowest BCUT2D eigenvalue weighted by Crippen LogP contribution is -2.31. The number of hydrogen-bond acceptors (Lipinski definition) is 2. The zero-order valence-corrected chi connectivity index (χ0v) is 10.8. The van der Waals surface area contributed by atoms with E-state index in [0.29, 0.717) is 17.8 Å². The highest BCUT2D eigenvalue weighted by molar-refractivity contribution is 5.48. The molecule has 17 heavy (non-hydrogen) atoms. The molecule has 1 saturated heterocycles. The van der Waals surface area contributed by atoms with Crippen LogP contribution in [0.4, 0.5) is 10.1 Å². The lowest BCUT2D eigenvalue weighted by atomic mass is 10.2. The number of nitrogens with one attached hydrogen (secondary N) is 1. The minimum atomic E-state index is -0.154. The lowest BCUT2D eigenvalue weighted by molar-refractivity contribution is 0.274. The lowest BCUT2D eigenvalue weighted by Gasteiger charge is -2.21. The van der Waals surface area contributed by atoms with Crippen LogP contribution in [0.5, 0.6) is 0 Å². The van der Waals surface area contributed by atoms with Crippen LogP contribution < -0.4 is 5.32 Å². The Labute approximate surface area is 103 Å². The van der Waals surface area contributed by atoms with Gasteiger partial charge in [-0.15, -0.1) is 0 Å². The van der Waals surface area contributed by atoms with Gasteiger partial charge < -0.3 is 5.32 Å². The summed E-state index contributed by atoms with van der Waals surface area (Å²) in [7, 11) is 0. The normalized spacial score (nSPS) is 21.1. The number of anilines is 1. The van der Waals surface area contributed by atoms with Crippen molar-refractivity contribution in [2.45, 2.75) is 39.3 Å².